The van der Waals surface area contributed by atoms with Crippen LogP contribution in [-0.2, 0) is 93.6 Å². The van der Waals surface area contributed by atoms with Crippen molar-refractivity contribution in [1.82, 2.24) is 0 Å². The highest BCUT2D eigenvalue weighted by Gasteiger charge is 2.54. The van der Waals surface area contributed by atoms with Gasteiger partial charge in [0.25, 0.3) is 0 Å². The smallest absolute Gasteiger partial charge is 0.187 e. The quantitative estimate of drug-likeness (QED) is 0.0591. The van der Waals surface area contributed by atoms with Gasteiger partial charge in [-0.2, -0.15) is 0 Å². The van der Waals surface area contributed by atoms with Crippen LogP contribution < -0.4 is 0 Å². The Kier molecular flexibility index (Phi) is 19.3. The van der Waals surface area contributed by atoms with Gasteiger partial charge in [-0.3, -0.25) is 0 Å². The molecule has 0 bridgehead atoms. The van der Waals surface area contributed by atoms with E-state index in [1.165, 1.54) is 0 Å². The molecule has 9 rings (SSSR count). The van der Waals surface area contributed by atoms with Crippen LogP contribution in [0, 0.1) is 0 Å². The number of aliphatic hydroxyl groups excluding tert-OH is 1. The summed E-state index contributed by atoms with van der Waals surface area (Å²) in [5.74, 6) is 0. The summed E-state index contributed by atoms with van der Waals surface area (Å²) in [7, 11) is 0. The molecule has 0 amide bonds. The molecule has 2 heterocycles. The summed E-state index contributed by atoms with van der Waals surface area (Å²) in [6.45, 7) is 1.91. The summed E-state index contributed by atoms with van der Waals surface area (Å²) in [6, 6.07) is 69.6. The zero-order valence-electron chi connectivity index (χ0n) is 40.4. The first-order chi connectivity index (χ1) is 35.6. The van der Waals surface area contributed by atoms with E-state index in [9.17, 15) is 5.11 Å². The second-order valence-electron chi connectivity index (χ2n) is 18.0. The van der Waals surface area contributed by atoms with Crippen LogP contribution in [-0.4, -0.2) is 79.7 Å². The predicted octanol–water partition coefficient (Wildman–Crippen LogP) is 10.2. The number of hydrogen-bond acceptors (Lipinski definition) is 11. The molecule has 2 aliphatic rings. The van der Waals surface area contributed by atoms with Crippen molar-refractivity contribution in [3.63, 3.8) is 0 Å². The lowest BCUT2D eigenvalue weighted by Gasteiger charge is -2.49. The van der Waals surface area contributed by atoms with Crippen molar-refractivity contribution in [2.24, 2.45) is 0 Å². The molecule has 2 fully saturated rings. The molecule has 7 aromatic rings. The summed E-state index contributed by atoms with van der Waals surface area (Å²) >= 11 is 0. The van der Waals surface area contributed by atoms with Crippen LogP contribution in [0.15, 0.2) is 212 Å². The van der Waals surface area contributed by atoms with E-state index in [2.05, 4.69) is 0 Å². The summed E-state index contributed by atoms with van der Waals surface area (Å²) in [5.41, 5.74) is 6.75. The van der Waals surface area contributed by atoms with E-state index < -0.39 is 61.4 Å². The van der Waals surface area contributed by atoms with E-state index in [0.717, 1.165) is 38.9 Å². The molecule has 0 radical (unpaired) electrons. The molecule has 2 aliphatic heterocycles. The maximum atomic E-state index is 12.0. The van der Waals surface area contributed by atoms with E-state index in [-0.39, 0.29) is 46.2 Å². The molecular weight excluding hydrogens is 909 g/mol. The monoisotopic (exact) mass is 972 g/mol. The zero-order valence-corrected chi connectivity index (χ0v) is 40.4. The van der Waals surface area contributed by atoms with E-state index in [0.29, 0.717) is 13.2 Å². The Morgan fingerprint density at radius 3 is 0.931 bits per heavy atom. The van der Waals surface area contributed by atoms with Gasteiger partial charge in [0.2, 0.25) is 0 Å². The lowest BCUT2D eigenvalue weighted by atomic mass is 9.95. The molecule has 7 aromatic carbocycles. The van der Waals surface area contributed by atoms with Crippen LogP contribution in [0.3, 0.4) is 0 Å². The van der Waals surface area contributed by atoms with Crippen molar-refractivity contribution in [2.75, 3.05) is 13.2 Å². The Morgan fingerprint density at radius 2 is 0.569 bits per heavy atom. The summed E-state index contributed by atoms with van der Waals surface area (Å²) < 4.78 is 68.6. The molecule has 2 saturated heterocycles. The van der Waals surface area contributed by atoms with Gasteiger partial charge in [-0.15, -0.1) is 0 Å². The van der Waals surface area contributed by atoms with Crippen LogP contribution in [0.25, 0.3) is 0 Å². The Balaban J connectivity index is 1.10. The average molecular weight is 973 g/mol. The zero-order chi connectivity index (χ0) is 49.0. The first-order valence-corrected chi connectivity index (χ1v) is 24.8. The lowest BCUT2D eigenvalue weighted by Crippen LogP contribution is -2.66. The number of aliphatic hydroxyl groups is 1. The second kappa shape index (κ2) is 27.2. The second-order valence-corrected chi connectivity index (χ2v) is 18.0. The first kappa shape index (κ1) is 51.0. The van der Waals surface area contributed by atoms with Gasteiger partial charge in [0.15, 0.2) is 12.6 Å². The predicted molar refractivity (Wildman–Crippen MR) is 272 cm³/mol. The maximum Gasteiger partial charge on any atom is 0.187 e. The molecule has 72 heavy (non-hydrogen) atoms. The van der Waals surface area contributed by atoms with E-state index in [1.807, 2.05) is 212 Å². The standard InChI is InChI=1S/C61H64O11/c62-60-58(68-41-50-32-18-6-19-33-50)57(67-40-49-30-16-5-17-31-49)55(53(70-60)44-64-37-46-24-10-2-11-25-46)72-61-59(69-42-51-34-20-7-21-35-51)56(66-39-48-28-14-4-15-29-48)54(65-38-47-26-12-3-13-27-47)52(71-61)43-63-36-45-22-8-1-9-23-45/h1-35,52-62H,36-44H2/t52-,53-,54+,55-,56+,57+,58-,59-,60-,61+/m1/s1. The molecule has 11 heteroatoms. The van der Waals surface area contributed by atoms with Gasteiger partial charge in [-0.05, 0) is 38.9 Å². The summed E-state index contributed by atoms with van der Waals surface area (Å²) in [6.07, 6.45) is -9.37. The molecule has 0 saturated carbocycles. The fourth-order valence-corrected chi connectivity index (χ4v) is 8.97. The molecule has 0 unspecified atom stereocenters. The highest BCUT2D eigenvalue weighted by molar-refractivity contribution is 5.19. The lowest BCUT2D eigenvalue weighted by molar-refractivity contribution is -0.374. The first-order valence-electron chi connectivity index (χ1n) is 24.8. The summed E-state index contributed by atoms with van der Waals surface area (Å²) in [5, 5.41) is 12.0. The van der Waals surface area contributed by atoms with E-state index >= 15 is 0 Å². The van der Waals surface area contributed by atoms with Crippen LogP contribution >= 0.6 is 0 Å². The Labute approximate surface area is 423 Å². The van der Waals surface area contributed by atoms with Gasteiger partial charge in [0, 0.05) is 0 Å². The fourth-order valence-electron chi connectivity index (χ4n) is 8.97. The maximum absolute atomic E-state index is 12.0. The van der Waals surface area contributed by atoms with Gasteiger partial charge in [-0.25, -0.2) is 0 Å². The van der Waals surface area contributed by atoms with Crippen molar-refractivity contribution < 1.29 is 52.5 Å². The molecule has 1 N–H and O–H groups in total. The normalized spacial score (nSPS) is 24.2. The van der Waals surface area contributed by atoms with Gasteiger partial charge in [-0.1, -0.05) is 212 Å². The number of rotatable bonds is 25. The Bertz CT molecular complexity index is 2550. The largest absolute Gasteiger partial charge is 0.374 e. The minimum Gasteiger partial charge on any atom is -0.374 e. The average Bonchev–Trinajstić information content (AvgIpc) is 3.43. The summed E-state index contributed by atoms with van der Waals surface area (Å²) in [4.78, 5) is 0. The van der Waals surface area contributed by atoms with Crippen LogP contribution in [0.2, 0.25) is 0 Å². The molecule has 374 valence electrons. The highest BCUT2D eigenvalue weighted by atomic mass is 16.8. The number of benzene rings is 7. The van der Waals surface area contributed by atoms with Gasteiger partial charge >= 0.3 is 0 Å². The van der Waals surface area contributed by atoms with Gasteiger partial charge in [0.1, 0.15) is 48.8 Å². The van der Waals surface area contributed by atoms with Crippen molar-refractivity contribution >= 4 is 0 Å². The topological polar surface area (TPSA) is 113 Å². The molecule has 11 nitrogen and oxygen atoms in total. The third-order valence-electron chi connectivity index (χ3n) is 12.7. The van der Waals surface area contributed by atoms with Crippen LogP contribution in [0.1, 0.15) is 38.9 Å². The third-order valence-corrected chi connectivity index (χ3v) is 12.7. The van der Waals surface area contributed by atoms with Crippen LogP contribution in [0.4, 0.5) is 0 Å². The fraction of sp³-hybridized carbons (Fsp3) is 0.311. The minimum absolute atomic E-state index is 0.0375. The molecule has 10 atom stereocenters. The molecule has 0 aliphatic carbocycles. The van der Waals surface area contributed by atoms with Gasteiger partial charge < -0.3 is 52.5 Å². The van der Waals surface area contributed by atoms with Crippen molar-refractivity contribution in [3.8, 4) is 0 Å². The molecule has 0 spiro atoms. The Morgan fingerprint density at radius 1 is 0.292 bits per heavy atom. The molecule has 0 aromatic heterocycles. The van der Waals surface area contributed by atoms with Gasteiger partial charge in [0.05, 0.1) is 59.5 Å². The Hall–Kier alpha value is -5.90. The number of ether oxygens (including phenoxy) is 10. The van der Waals surface area contributed by atoms with E-state index in [4.69, 9.17) is 47.4 Å². The number of hydrogen-bond donors (Lipinski definition) is 1. The van der Waals surface area contributed by atoms with E-state index in [1.54, 1.807) is 0 Å². The third kappa shape index (κ3) is 14.8. The van der Waals surface area contributed by atoms with Crippen molar-refractivity contribution in [2.45, 2.75) is 108 Å². The molecular formula is C61H64O11. The van der Waals surface area contributed by atoms with Crippen molar-refractivity contribution in [3.05, 3.63) is 251 Å². The van der Waals surface area contributed by atoms with Crippen LogP contribution in [0.5, 0.6) is 0 Å². The minimum atomic E-state index is -1.41. The van der Waals surface area contributed by atoms with Crippen molar-refractivity contribution in [1.29, 1.82) is 0 Å². The highest BCUT2D eigenvalue weighted by Crippen LogP contribution is 2.36. The SMILES string of the molecule is O[C@@H]1O[C@H](COCc2ccccc2)[C@@H](O[C@@H]2O[C@H](COCc3ccccc3)[C@H](OCc3ccccc3)[C@H](OCc3ccccc3)[C@H]2OCc2ccccc2)[C@H](OCc2ccccc2)[C@H]1OCc1ccccc1.